The largest absolute Gasteiger partial charge is 0.462 e. The van der Waals surface area contributed by atoms with Gasteiger partial charge in [-0.15, -0.1) is 0 Å². The minimum atomic E-state index is -0.0215. The Balaban J connectivity index is 2.61. The van der Waals surface area contributed by atoms with E-state index in [1.165, 1.54) is 0 Å². The monoisotopic (exact) mass is 170 g/mol. The molecule has 2 heteroatoms. The van der Waals surface area contributed by atoms with Crippen LogP contribution in [0.25, 0.3) is 0 Å². The standard InChI is InChI=1S/C10H18O2/c1-6(2)9-7(3)5-8(4)10(11)12-9/h6-9H,5H2,1-4H3/t7-,8-,9-/m0/s1. The van der Waals surface area contributed by atoms with Gasteiger partial charge in [0.05, 0.1) is 5.92 Å². The molecule has 0 aliphatic carbocycles. The Hall–Kier alpha value is -0.530. The molecule has 0 aromatic carbocycles. The van der Waals surface area contributed by atoms with Crippen LogP contribution >= 0.6 is 0 Å². The van der Waals surface area contributed by atoms with Crippen LogP contribution in [-0.2, 0) is 9.53 Å². The minimum absolute atomic E-state index is 0.0215. The van der Waals surface area contributed by atoms with Crippen molar-refractivity contribution in [2.45, 2.75) is 40.2 Å². The number of carbonyl (C=O) groups excluding carboxylic acids is 1. The van der Waals surface area contributed by atoms with E-state index in [1.54, 1.807) is 0 Å². The molecule has 0 unspecified atom stereocenters. The molecule has 1 aliphatic rings. The average Bonchev–Trinajstić information content (AvgIpc) is 1.96. The molecule has 1 saturated heterocycles. The third-order valence-corrected chi connectivity index (χ3v) is 2.60. The van der Waals surface area contributed by atoms with E-state index in [0.717, 1.165) is 6.42 Å². The highest BCUT2D eigenvalue weighted by atomic mass is 16.5. The van der Waals surface area contributed by atoms with E-state index in [0.29, 0.717) is 11.8 Å². The molecule has 2 nitrogen and oxygen atoms in total. The summed E-state index contributed by atoms with van der Waals surface area (Å²) >= 11 is 0. The molecule has 1 heterocycles. The van der Waals surface area contributed by atoms with Crippen molar-refractivity contribution in [3.05, 3.63) is 0 Å². The van der Waals surface area contributed by atoms with Gasteiger partial charge in [0, 0.05) is 0 Å². The fourth-order valence-electron chi connectivity index (χ4n) is 1.95. The number of hydrogen-bond donors (Lipinski definition) is 0. The first kappa shape index (κ1) is 9.56. The molecule has 12 heavy (non-hydrogen) atoms. The van der Waals surface area contributed by atoms with Crippen LogP contribution in [0, 0.1) is 17.8 Å². The van der Waals surface area contributed by atoms with Gasteiger partial charge in [0.2, 0.25) is 0 Å². The van der Waals surface area contributed by atoms with E-state index < -0.39 is 0 Å². The molecule has 0 amide bonds. The molecule has 0 bridgehead atoms. The molecular weight excluding hydrogens is 152 g/mol. The van der Waals surface area contributed by atoms with Gasteiger partial charge in [0.1, 0.15) is 6.10 Å². The van der Waals surface area contributed by atoms with Crippen molar-refractivity contribution in [2.75, 3.05) is 0 Å². The second-order valence-electron chi connectivity index (χ2n) is 4.26. The molecule has 0 spiro atoms. The summed E-state index contributed by atoms with van der Waals surface area (Å²) < 4.78 is 5.33. The highest BCUT2D eigenvalue weighted by molar-refractivity contribution is 5.73. The zero-order chi connectivity index (χ0) is 9.30. The third-order valence-electron chi connectivity index (χ3n) is 2.60. The summed E-state index contributed by atoms with van der Waals surface area (Å²) in [4.78, 5) is 11.2. The van der Waals surface area contributed by atoms with Gasteiger partial charge < -0.3 is 4.74 Å². The lowest BCUT2D eigenvalue weighted by Gasteiger charge is -2.34. The lowest BCUT2D eigenvalue weighted by atomic mass is 9.85. The maximum absolute atomic E-state index is 11.2. The minimum Gasteiger partial charge on any atom is -0.462 e. The van der Waals surface area contributed by atoms with Crippen molar-refractivity contribution in [3.8, 4) is 0 Å². The van der Waals surface area contributed by atoms with Gasteiger partial charge in [0.15, 0.2) is 0 Å². The zero-order valence-corrected chi connectivity index (χ0v) is 8.33. The van der Waals surface area contributed by atoms with Gasteiger partial charge in [-0.05, 0) is 18.3 Å². The molecule has 1 aliphatic heterocycles. The normalized spacial score (nSPS) is 36.8. The molecular formula is C10H18O2. The maximum Gasteiger partial charge on any atom is 0.308 e. The summed E-state index contributed by atoms with van der Waals surface area (Å²) in [5.74, 6) is 1.02. The van der Waals surface area contributed by atoms with E-state index in [4.69, 9.17) is 4.74 Å². The van der Waals surface area contributed by atoms with E-state index >= 15 is 0 Å². The Morgan fingerprint density at radius 3 is 2.50 bits per heavy atom. The number of esters is 1. The summed E-state index contributed by atoms with van der Waals surface area (Å²) in [6.45, 7) is 8.30. The Labute approximate surface area is 74.3 Å². The summed E-state index contributed by atoms with van der Waals surface area (Å²) in [6, 6.07) is 0. The Morgan fingerprint density at radius 2 is 2.00 bits per heavy atom. The smallest absolute Gasteiger partial charge is 0.308 e. The van der Waals surface area contributed by atoms with E-state index in [1.807, 2.05) is 6.92 Å². The third kappa shape index (κ3) is 1.79. The van der Waals surface area contributed by atoms with Crippen LogP contribution in [-0.4, -0.2) is 12.1 Å². The first-order valence-electron chi connectivity index (χ1n) is 4.73. The predicted octanol–water partition coefficient (Wildman–Crippen LogP) is 2.23. The molecule has 1 fully saturated rings. The topological polar surface area (TPSA) is 26.3 Å². The summed E-state index contributed by atoms with van der Waals surface area (Å²) in [7, 11) is 0. The molecule has 0 aromatic rings. The number of carbonyl (C=O) groups is 1. The van der Waals surface area contributed by atoms with Gasteiger partial charge in [0.25, 0.3) is 0 Å². The summed E-state index contributed by atoms with van der Waals surface area (Å²) in [5.41, 5.74) is 0. The summed E-state index contributed by atoms with van der Waals surface area (Å²) in [6.07, 6.45) is 1.11. The molecule has 3 atom stereocenters. The van der Waals surface area contributed by atoms with Crippen molar-refractivity contribution in [1.82, 2.24) is 0 Å². The van der Waals surface area contributed by atoms with E-state index in [9.17, 15) is 4.79 Å². The molecule has 70 valence electrons. The molecule has 0 aromatic heterocycles. The van der Waals surface area contributed by atoms with Crippen molar-refractivity contribution in [1.29, 1.82) is 0 Å². The second kappa shape index (κ2) is 3.46. The lowest BCUT2D eigenvalue weighted by molar-refractivity contribution is -0.167. The molecule has 1 rings (SSSR count). The molecule has 0 N–H and O–H groups in total. The van der Waals surface area contributed by atoms with Crippen LogP contribution in [0.5, 0.6) is 0 Å². The van der Waals surface area contributed by atoms with Gasteiger partial charge in [-0.2, -0.15) is 0 Å². The lowest BCUT2D eigenvalue weighted by Crippen LogP contribution is -2.38. The van der Waals surface area contributed by atoms with E-state index in [2.05, 4.69) is 20.8 Å². The zero-order valence-electron chi connectivity index (χ0n) is 8.33. The first-order valence-corrected chi connectivity index (χ1v) is 4.73. The van der Waals surface area contributed by atoms with Gasteiger partial charge in [-0.3, -0.25) is 4.79 Å². The van der Waals surface area contributed by atoms with Crippen LogP contribution in [0.15, 0.2) is 0 Å². The fraction of sp³-hybridized carbons (Fsp3) is 0.900. The van der Waals surface area contributed by atoms with Crippen molar-refractivity contribution < 1.29 is 9.53 Å². The highest BCUT2D eigenvalue weighted by Gasteiger charge is 2.34. The Morgan fingerprint density at radius 1 is 1.42 bits per heavy atom. The number of hydrogen-bond acceptors (Lipinski definition) is 2. The van der Waals surface area contributed by atoms with Crippen LogP contribution in [0.4, 0.5) is 0 Å². The van der Waals surface area contributed by atoms with Crippen molar-refractivity contribution in [3.63, 3.8) is 0 Å². The highest BCUT2D eigenvalue weighted by Crippen LogP contribution is 2.29. The van der Waals surface area contributed by atoms with E-state index in [-0.39, 0.29) is 18.0 Å². The number of rotatable bonds is 1. The van der Waals surface area contributed by atoms with Gasteiger partial charge in [-0.25, -0.2) is 0 Å². The van der Waals surface area contributed by atoms with Crippen LogP contribution in [0.3, 0.4) is 0 Å². The van der Waals surface area contributed by atoms with Gasteiger partial charge in [-0.1, -0.05) is 27.7 Å². The molecule has 0 radical (unpaired) electrons. The van der Waals surface area contributed by atoms with Crippen molar-refractivity contribution in [2.24, 2.45) is 17.8 Å². The van der Waals surface area contributed by atoms with Crippen LogP contribution in [0.1, 0.15) is 34.1 Å². The first-order chi connectivity index (χ1) is 5.52. The quantitative estimate of drug-likeness (QED) is 0.564. The molecule has 0 saturated carbocycles. The van der Waals surface area contributed by atoms with Crippen LogP contribution < -0.4 is 0 Å². The average molecular weight is 170 g/mol. The summed E-state index contributed by atoms with van der Waals surface area (Å²) in [5, 5.41) is 0. The number of cyclic esters (lactones) is 1. The Bertz CT molecular complexity index is 175. The fourth-order valence-corrected chi connectivity index (χ4v) is 1.95. The predicted molar refractivity (Wildman–Crippen MR) is 47.7 cm³/mol. The maximum atomic E-state index is 11.2. The second-order valence-corrected chi connectivity index (χ2v) is 4.26. The van der Waals surface area contributed by atoms with Gasteiger partial charge >= 0.3 is 5.97 Å². The SMILES string of the molecule is CC(C)[C@@H]1OC(=O)[C@@H](C)C[C@@H]1C. The Kier molecular flexibility index (Phi) is 2.76. The van der Waals surface area contributed by atoms with Crippen molar-refractivity contribution >= 4 is 5.97 Å². The number of ether oxygens (including phenoxy) is 1. The van der Waals surface area contributed by atoms with Crippen LogP contribution in [0.2, 0.25) is 0 Å².